The van der Waals surface area contributed by atoms with Gasteiger partial charge < -0.3 is 15.0 Å². The van der Waals surface area contributed by atoms with Crippen LogP contribution in [0.4, 0.5) is 4.79 Å². The summed E-state index contributed by atoms with van der Waals surface area (Å²) >= 11 is 0. The monoisotopic (exact) mass is 200 g/mol. The SMILES string of the molecule is CCN(C)C(=O)NC(C)C1CCOC1. The van der Waals surface area contributed by atoms with Crippen molar-refractivity contribution >= 4 is 6.03 Å². The standard InChI is InChI=1S/C10H20N2O2/c1-4-12(3)10(13)11-8(2)9-5-6-14-7-9/h8-9H,4-7H2,1-3H3,(H,11,13). The lowest BCUT2D eigenvalue weighted by molar-refractivity contribution is 0.174. The maximum absolute atomic E-state index is 11.5. The Bertz CT molecular complexity index is 191. The van der Waals surface area contributed by atoms with E-state index in [1.54, 1.807) is 11.9 Å². The molecule has 2 atom stereocenters. The fourth-order valence-electron chi connectivity index (χ4n) is 1.51. The minimum absolute atomic E-state index is 0.00639. The van der Waals surface area contributed by atoms with Crippen molar-refractivity contribution in [3.8, 4) is 0 Å². The number of amides is 2. The molecule has 1 rings (SSSR count). The van der Waals surface area contributed by atoms with Crippen molar-refractivity contribution in [1.82, 2.24) is 10.2 Å². The third-order valence-corrected chi connectivity index (χ3v) is 2.84. The molecule has 2 unspecified atom stereocenters. The molecule has 14 heavy (non-hydrogen) atoms. The Kier molecular flexibility index (Phi) is 4.20. The van der Waals surface area contributed by atoms with Crippen LogP contribution in [-0.4, -0.2) is 43.8 Å². The van der Waals surface area contributed by atoms with Gasteiger partial charge in [-0.1, -0.05) is 0 Å². The molecule has 2 amide bonds. The van der Waals surface area contributed by atoms with E-state index in [0.717, 1.165) is 26.2 Å². The van der Waals surface area contributed by atoms with Crippen LogP contribution >= 0.6 is 0 Å². The fraction of sp³-hybridized carbons (Fsp3) is 0.900. The summed E-state index contributed by atoms with van der Waals surface area (Å²) in [6.45, 7) is 6.34. The number of carbonyl (C=O) groups excluding carboxylic acids is 1. The molecule has 4 nitrogen and oxygen atoms in total. The Labute approximate surface area is 85.6 Å². The number of hydrogen-bond donors (Lipinski definition) is 1. The number of hydrogen-bond acceptors (Lipinski definition) is 2. The largest absolute Gasteiger partial charge is 0.381 e. The molecule has 1 aliphatic rings. The molecule has 1 saturated heterocycles. The predicted octanol–water partition coefficient (Wildman–Crippen LogP) is 1.07. The van der Waals surface area contributed by atoms with E-state index in [4.69, 9.17) is 4.74 Å². The van der Waals surface area contributed by atoms with Crippen LogP contribution in [0.15, 0.2) is 0 Å². The third kappa shape index (κ3) is 2.87. The van der Waals surface area contributed by atoms with Gasteiger partial charge in [0.05, 0.1) is 6.61 Å². The molecule has 1 heterocycles. The van der Waals surface area contributed by atoms with Crippen LogP contribution in [-0.2, 0) is 4.74 Å². The van der Waals surface area contributed by atoms with Gasteiger partial charge in [0.2, 0.25) is 0 Å². The van der Waals surface area contributed by atoms with Gasteiger partial charge in [-0.3, -0.25) is 0 Å². The summed E-state index contributed by atoms with van der Waals surface area (Å²) in [5.41, 5.74) is 0. The minimum atomic E-state index is 0.00639. The normalized spacial score (nSPS) is 23.2. The van der Waals surface area contributed by atoms with Gasteiger partial charge in [-0.05, 0) is 20.3 Å². The molecule has 0 aromatic heterocycles. The molecule has 1 aliphatic heterocycles. The van der Waals surface area contributed by atoms with Crippen LogP contribution in [0.1, 0.15) is 20.3 Å². The third-order valence-electron chi connectivity index (χ3n) is 2.84. The van der Waals surface area contributed by atoms with E-state index in [1.807, 2.05) is 13.8 Å². The molecule has 4 heteroatoms. The lowest BCUT2D eigenvalue weighted by Gasteiger charge is -2.23. The molecular weight excluding hydrogens is 180 g/mol. The van der Waals surface area contributed by atoms with Gasteiger partial charge in [-0.2, -0.15) is 0 Å². The molecule has 0 saturated carbocycles. The summed E-state index contributed by atoms with van der Waals surface area (Å²) in [5.74, 6) is 0.476. The number of nitrogens with zero attached hydrogens (tertiary/aromatic N) is 1. The van der Waals surface area contributed by atoms with Gasteiger partial charge in [0, 0.05) is 32.2 Å². The highest BCUT2D eigenvalue weighted by Gasteiger charge is 2.23. The summed E-state index contributed by atoms with van der Waals surface area (Å²) < 4.78 is 5.28. The van der Waals surface area contributed by atoms with Crippen molar-refractivity contribution in [2.45, 2.75) is 26.3 Å². The van der Waals surface area contributed by atoms with Crippen LogP contribution in [0.5, 0.6) is 0 Å². The number of ether oxygens (including phenoxy) is 1. The van der Waals surface area contributed by atoms with Crippen LogP contribution in [0, 0.1) is 5.92 Å². The summed E-state index contributed by atoms with van der Waals surface area (Å²) in [5, 5.41) is 2.98. The lowest BCUT2D eigenvalue weighted by Crippen LogP contribution is -2.44. The zero-order valence-corrected chi connectivity index (χ0v) is 9.25. The van der Waals surface area contributed by atoms with Crippen molar-refractivity contribution in [2.75, 3.05) is 26.8 Å². The summed E-state index contributed by atoms with van der Waals surface area (Å²) in [6, 6.07) is 0.214. The van der Waals surface area contributed by atoms with E-state index >= 15 is 0 Å². The lowest BCUT2D eigenvalue weighted by atomic mass is 10.0. The number of rotatable bonds is 3. The first-order valence-electron chi connectivity index (χ1n) is 5.24. The number of carbonyl (C=O) groups is 1. The first kappa shape index (κ1) is 11.3. The smallest absolute Gasteiger partial charge is 0.317 e. The van der Waals surface area contributed by atoms with Crippen LogP contribution < -0.4 is 5.32 Å². The Balaban J connectivity index is 2.31. The Morgan fingerprint density at radius 2 is 2.43 bits per heavy atom. The molecular formula is C10H20N2O2. The van der Waals surface area contributed by atoms with Gasteiger partial charge >= 0.3 is 6.03 Å². The van der Waals surface area contributed by atoms with Crippen molar-refractivity contribution in [3.05, 3.63) is 0 Å². The quantitative estimate of drug-likeness (QED) is 0.740. The van der Waals surface area contributed by atoms with Crippen molar-refractivity contribution in [1.29, 1.82) is 0 Å². The van der Waals surface area contributed by atoms with Gasteiger partial charge in [-0.25, -0.2) is 4.79 Å². The highest BCUT2D eigenvalue weighted by molar-refractivity contribution is 5.74. The van der Waals surface area contributed by atoms with Crippen molar-refractivity contribution in [2.24, 2.45) is 5.92 Å². The van der Waals surface area contributed by atoms with E-state index in [2.05, 4.69) is 5.32 Å². The Hall–Kier alpha value is -0.770. The summed E-state index contributed by atoms with van der Waals surface area (Å²) in [4.78, 5) is 13.2. The minimum Gasteiger partial charge on any atom is -0.381 e. The van der Waals surface area contributed by atoms with E-state index in [9.17, 15) is 4.79 Å². The zero-order valence-electron chi connectivity index (χ0n) is 9.25. The molecule has 82 valence electrons. The molecule has 0 aromatic rings. The first-order valence-corrected chi connectivity index (χ1v) is 5.24. The number of urea groups is 1. The van der Waals surface area contributed by atoms with Gasteiger partial charge in [0.15, 0.2) is 0 Å². The maximum atomic E-state index is 11.5. The van der Waals surface area contributed by atoms with E-state index < -0.39 is 0 Å². The highest BCUT2D eigenvalue weighted by atomic mass is 16.5. The maximum Gasteiger partial charge on any atom is 0.317 e. The van der Waals surface area contributed by atoms with Crippen LogP contribution in [0.3, 0.4) is 0 Å². The fourth-order valence-corrected chi connectivity index (χ4v) is 1.51. The molecule has 0 spiro atoms. The van der Waals surface area contributed by atoms with Crippen LogP contribution in [0.25, 0.3) is 0 Å². The molecule has 1 N–H and O–H groups in total. The Morgan fingerprint density at radius 1 is 1.71 bits per heavy atom. The van der Waals surface area contributed by atoms with Crippen molar-refractivity contribution in [3.63, 3.8) is 0 Å². The van der Waals surface area contributed by atoms with Crippen LogP contribution in [0.2, 0.25) is 0 Å². The number of nitrogens with one attached hydrogen (secondary N) is 1. The molecule has 0 bridgehead atoms. The molecule has 0 aromatic carbocycles. The molecule has 1 fully saturated rings. The first-order chi connectivity index (χ1) is 6.65. The summed E-state index contributed by atoms with van der Waals surface area (Å²) in [7, 11) is 1.80. The van der Waals surface area contributed by atoms with E-state index in [-0.39, 0.29) is 12.1 Å². The highest BCUT2D eigenvalue weighted by Crippen LogP contribution is 2.16. The van der Waals surface area contributed by atoms with Gasteiger partial charge in [0.25, 0.3) is 0 Å². The molecule has 0 aliphatic carbocycles. The zero-order chi connectivity index (χ0) is 10.6. The summed E-state index contributed by atoms with van der Waals surface area (Å²) in [6.07, 6.45) is 1.05. The average Bonchev–Trinajstić information content (AvgIpc) is 2.69. The topological polar surface area (TPSA) is 41.6 Å². The van der Waals surface area contributed by atoms with Crippen molar-refractivity contribution < 1.29 is 9.53 Å². The Morgan fingerprint density at radius 3 is 2.93 bits per heavy atom. The second-order valence-corrected chi connectivity index (χ2v) is 3.88. The van der Waals surface area contributed by atoms with E-state index in [1.165, 1.54) is 0 Å². The second kappa shape index (κ2) is 5.20. The van der Waals surface area contributed by atoms with Gasteiger partial charge in [0.1, 0.15) is 0 Å². The van der Waals surface area contributed by atoms with E-state index in [0.29, 0.717) is 5.92 Å². The average molecular weight is 200 g/mol. The predicted molar refractivity (Wildman–Crippen MR) is 55.2 cm³/mol. The molecule has 0 radical (unpaired) electrons. The second-order valence-electron chi connectivity index (χ2n) is 3.88. The van der Waals surface area contributed by atoms with Gasteiger partial charge in [-0.15, -0.1) is 0 Å².